The van der Waals surface area contributed by atoms with Gasteiger partial charge in [0.1, 0.15) is 5.82 Å². The summed E-state index contributed by atoms with van der Waals surface area (Å²) in [7, 11) is 1.88. The first-order valence-electron chi connectivity index (χ1n) is 6.68. The molecule has 2 heteroatoms. The molecule has 2 aromatic rings. The van der Waals surface area contributed by atoms with E-state index < -0.39 is 0 Å². The van der Waals surface area contributed by atoms with Crippen LogP contribution in [-0.4, -0.2) is 7.05 Å². The normalized spacial score (nSPS) is 12.4. The zero-order valence-electron chi connectivity index (χ0n) is 11.5. The van der Waals surface area contributed by atoms with Gasteiger partial charge in [-0.15, -0.1) is 0 Å². The summed E-state index contributed by atoms with van der Waals surface area (Å²) in [5.41, 5.74) is 3.00. The average Bonchev–Trinajstić information content (AvgIpc) is 2.42. The summed E-state index contributed by atoms with van der Waals surface area (Å²) in [4.78, 5) is 0. The minimum atomic E-state index is -0.118. The van der Waals surface area contributed by atoms with Gasteiger partial charge in [0.25, 0.3) is 0 Å². The van der Waals surface area contributed by atoms with Gasteiger partial charge in [0.05, 0.1) is 0 Å². The molecule has 0 radical (unpaired) electrons. The van der Waals surface area contributed by atoms with Crippen molar-refractivity contribution in [3.8, 4) is 0 Å². The van der Waals surface area contributed by atoms with Gasteiger partial charge >= 0.3 is 0 Å². The molecule has 0 amide bonds. The molecular formula is C17H20FN. The van der Waals surface area contributed by atoms with E-state index in [9.17, 15) is 4.39 Å². The first-order chi connectivity index (χ1) is 9.20. The fraction of sp³-hybridized carbons (Fsp3) is 0.294. The van der Waals surface area contributed by atoms with E-state index in [1.807, 2.05) is 44.3 Å². The van der Waals surface area contributed by atoms with Crippen molar-refractivity contribution >= 4 is 0 Å². The Morgan fingerprint density at radius 1 is 1.11 bits per heavy atom. The maximum Gasteiger partial charge on any atom is 0.128 e. The predicted octanol–water partition coefficient (Wildman–Crippen LogP) is 4.03. The quantitative estimate of drug-likeness (QED) is 0.852. The van der Waals surface area contributed by atoms with Crippen molar-refractivity contribution in [3.63, 3.8) is 0 Å². The lowest BCUT2D eigenvalue weighted by atomic mass is 9.98. The number of hydrogen-bond acceptors (Lipinski definition) is 1. The van der Waals surface area contributed by atoms with Crippen molar-refractivity contribution in [3.05, 3.63) is 71.0 Å². The Morgan fingerprint density at radius 3 is 2.47 bits per heavy atom. The molecule has 0 saturated carbocycles. The highest BCUT2D eigenvalue weighted by molar-refractivity contribution is 5.26. The summed E-state index contributed by atoms with van der Waals surface area (Å²) in [5.74, 6) is -0.118. The molecule has 0 aliphatic heterocycles. The lowest BCUT2D eigenvalue weighted by molar-refractivity contribution is 0.508. The van der Waals surface area contributed by atoms with E-state index in [-0.39, 0.29) is 11.9 Å². The van der Waals surface area contributed by atoms with Crippen molar-refractivity contribution in [2.75, 3.05) is 7.05 Å². The lowest BCUT2D eigenvalue weighted by Gasteiger charge is -2.17. The summed E-state index contributed by atoms with van der Waals surface area (Å²) < 4.78 is 14.0. The Labute approximate surface area is 114 Å². The maximum absolute atomic E-state index is 14.0. The van der Waals surface area contributed by atoms with Gasteiger partial charge in [-0.3, -0.25) is 0 Å². The van der Waals surface area contributed by atoms with Crippen molar-refractivity contribution < 1.29 is 4.39 Å². The van der Waals surface area contributed by atoms with Gasteiger partial charge < -0.3 is 5.32 Å². The molecule has 0 saturated heterocycles. The first-order valence-corrected chi connectivity index (χ1v) is 6.68. The number of aryl methyl sites for hydroxylation is 2. The van der Waals surface area contributed by atoms with Gasteiger partial charge in [0.2, 0.25) is 0 Å². The van der Waals surface area contributed by atoms with E-state index in [1.165, 1.54) is 5.56 Å². The second kappa shape index (κ2) is 6.48. The number of benzene rings is 2. The van der Waals surface area contributed by atoms with Crippen LogP contribution in [0.15, 0.2) is 48.5 Å². The SMILES string of the molecule is CNC(CCc1ccccc1)c1ccc(C)cc1F. The molecule has 0 spiro atoms. The summed E-state index contributed by atoms with van der Waals surface area (Å²) in [6.45, 7) is 1.91. The van der Waals surface area contributed by atoms with E-state index in [0.717, 1.165) is 24.0 Å². The van der Waals surface area contributed by atoms with Gasteiger partial charge in [-0.1, -0.05) is 42.5 Å². The molecule has 0 aromatic heterocycles. The highest BCUT2D eigenvalue weighted by Gasteiger charge is 2.13. The van der Waals surface area contributed by atoms with Crippen molar-refractivity contribution in [2.24, 2.45) is 0 Å². The molecule has 0 aliphatic rings. The van der Waals surface area contributed by atoms with Crippen LogP contribution in [0.2, 0.25) is 0 Å². The predicted molar refractivity (Wildman–Crippen MR) is 77.7 cm³/mol. The Bertz CT molecular complexity index is 522. The molecule has 0 aliphatic carbocycles. The van der Waals surface area contributed by atoms with E-state index in [1.54, 1.807) is 6.07 Å². The van der Waals surface area contributed by atoms with Gasteiger partial charge in [-0.2, -0.15) is 0 Å². The molecule has 1 atom stereocenters. The number of rotatable bonds is 5. The molecule has 2 aromatic carbocycles. The molecule has 1 nitrogen and oxygen atoms in total. The monoisotopic (exact) mass is 257 g/mol. The molecule has 2 rings (SSSR count). The molecule has 1 N–H and O–H groups in total. The standard InChI is InChI=1S/C17H20FN/c1-13-8-10-15(16(18)12-13)17(19-2)11-9-14-6-4-3-5-7-14/h3-8,10,12,17,19H,9,11H2,1-2H3. The van der Waals surface area contributed by atoms with Crippen LogP contribution in [-0.2, 0) is 6.42 Å². The minimum Gasteiger partial charge on any atom is -0.313 e. The summed E-state index contributed by atoms with van der Waals surface area (Å²) in [6.07, 6.45) is 1.83. The maximum atomic E-state index is 14.0. The molecule has 0 bridgehead atoms. The van der Waals surface area contributed by atoms with Crippen LogP contribution < -0.4 is 5.32 Å². The molecule has 100 valence electrons. The van der Waals surface area contributed by atoms with Crippen LogP contribution in [0.4, 0.5) is 4.39 Å². The van der Waals surface area contributed by atoms with Crippen molar-refractivity contribution in [1.82, 2.24) is 5.32 Å². The van der Waals surface area contributed by atoms with Gasteiger partial charge in [-0.25, -0.2) is 4.39 Å². The van der Waals surface area contributed by atoms with Crippen molar-refractivity contribution in [2.45, 2.75) is 25.8 Å². The number of hydrogen-bond donors (Lipinski definition) is 1. The molecule has 1 unspecified atom stereocenters. The fourth-order valence-electron chi connectivity index (χ4n) is 2.33. The highest BCUT2D eigenvalue weighted by Crippen LogP contribution is 2.22. The molecule has 0 heterocycles. The second-order valence-corrected chi connectivity index (χ2v) is 4.89. The van der Waals surface area contributed by atoms with Crippen LogP contribution in [0, 0.1) is 12.7 Å². The largest absolute Gasteiger partial charge is 0.313 e. The smallest absolute Gasteiger partial charge is 0.128 e. The Balaban J connectivity index is 2.08. The van der Waals surface area contributed by atoms with Crippen molar-refractivity contribution in [1.29, 1.82) is 0 Å². The third-order valence-corrected chi connectivity index (χ3v) is 3.44. The molecule has 19 heavy (non-hydrogen) atoms. The highest BCUT2D eigenvalue weighted by atomic mass is 19.1. The lowest BCUT2D eigenvalue weighted by Crippen LogP contribution is -2.18. The Hall–Kier alpha value is -1.67. The summed E-state index contributed by atoms with van der Waals surface area (Å²) in [5, 5.41) is 3.21. The third-order valence-electron chi connectivity index (χ3n) is 3.44. The summed E-state index contributed by atoms with van der Waals surface area (Å²) in [6, 6.07) is 15.8. The molecule has 0 fully saturated rings. The van der Waals surface area contributed by atoms with Gasteiger partial charge in [0.15, 0.2) is 0 Å². The van der Waals surface area contributed by atoms with E-state index in [4.69, 9.17) is 0 Å². The van der Waals surface area contributed by atoms with Gasteiger partial charge in [0, 0.05) is 11.6 Å². The average molecular weight is 257 g/mol. The van der Waals surface area contributed by atoms with Crippen LogP contribution in [0.25, 0.3) is 0 Å². The topological polar surface area (TPSA) is 12.0 Å². The second-order valence-electron chi connectivity index (χ2n) is 4.89. The van der Waals surface area contributed by atoms with Crippen LogP contribution in [0.3, 0.4) is 0 Å². The Morgan fingerprint density at radius 2 is 1.84 bits per heavy atom. The minimum absolute atomic E-state index is 0.0563. The van der Waals surface area contributed by atoms with Crippen LogP contribution in [0.1, 0.15) is 29.2 Å². The third kappa shape index (κ3) is 3.65. The van der Waals surface area contributed by atoms with Crippen LogP contribution in [0.5, 0.6) is 0 Å². The zero-order valence-corrected chi connectivity index (χ0v) is 11.5. The van der Waals surface area contributed by atoms with E-state index in [2.05, 4.69) is 17.4 Å². The molecular weight excluding hydrogens is 237 g/mol. The van der Waals surface area contributed by atoms with E-state index in [0.29, 0.717) is 0 Å². The Kier molecular flexibility index (Phi) is 4.69. The number of halogens is 1. The first kappa shape index (κ1) is 13.8. The van der Waals surface area contributed by atoms with Gasteiger partial charge in [-0.05, 0) is 44.0 Å². The fourth-order valence-corrected chi connectivity index (χ4v) is 2.33. The zero-order chi connectivity index (χ0) is 13.7. The van der Waals surface area contributed by atoms with Crippen LogP contribution >= 0.6 is 0 Å². The van der Waals surface area contributed by atoms with E-state index >= 15 is 0 Å². The number of nitrogens with one attached hydrogen (secondary N) is 1. The summed E-state index contributed by atoms with van der Waals surface area (Å²) >= 11 is 0.